The molecule has 1 aliphatic rings. The number of hydrogen-bond acceptors (Lipinski definition) is 6. The highest BCUT2D eigenvalue weighted by Crippen LogP contribution is 2.33. The van der Waals surface area contributed by atoms with Crippen molar-refractivity contribution in [2.45, 2.75) is 6.92 Å². The minimum absolute atomic E-state index is 0.0507. The highest BCUT2D eigenvalue weighted by molar-refractivity contribution is 8.18. The summed E-state index contributed by atoms with van der Waals surface area (Å²) in [6.45, 7) is 1.90. The number of benzene rings is 2. The van der Waals surface area contributed by atoms with E-state index in [0.29, 0.717) is 37.9 Å². The number of rotatable bonds is 4. The minimum Gasteiger partial charge on any atom is -0.456 e. The molecule has 4 rings (SSSR count). The summed E-state index contributed by atoms with van der Waals surface area (Å²) in [5.74, 6) is 0.446. The molecule has 0 atom stereocenters. The van der Waals surface area contributed by atoms with Gasteiger partial charge in [0, 0.05) is 17.2 Å². The van der Waals surface area contributed by atoms with Crippen LogP contribution >= 0.6 is 23.4 Å². The summed E-state index contributed by atoms with van der Waals surface area (Å²) in [5.41, 5.74) is 1.89. The lowest BCUT2D eigenvalue weighted by atomic mass is 10.1. The van der Waals surface area contributed by atoms with Crippen molar-refractivity contribution in [1.82, 2.24) is 5.32 Å². The van der Waals surface area contributed by atoms with E-state index in [1.165, 1.54) is 17.8 Å². The molecule has 1 amide bonds. The number of nitro benzene ring substituents is 1. The van der Waals surface area contributed by atoms with E-state index in [2.05, 4.69) is 10.3 Å². The van der Waals surface area contributed by atoms with Crippen LogP contribution in [0, 0.1) is 17.0 Å². The lowest BCUT2D eigenvalue weighted by Gasteiger charge is -2.00. The van der Waals surface area contributed by atoms with Crippen LogP contribution in [0.4, 0.5) is 11.4 Å². The largest absolute Gasteiger partial charge is 0.456 e. The van der Waals surface area contributed by atoms with Gasteiger partial charge in [-0.1, -0.05) is 29.8 Å². The SMILES string of the molecule is Cc1ccc(N=C2NC(=O)C(=Cc3ccc(-c4ccccc4[N+](=O)[O-])o3)S2)cc1Cl. The van der Waals surface area contributed by atoms with Gasteiger partial charge in [0.2, 0.25) is 0 Å². The van der Waals surface area contributed by atoms with Crippen LogP contribution in [0.1, 0.15) is 11.3 Å². The Morgan fingerprint density at radius 3 is 2.77 bits per heavy atom. The van der Waals surface area contributed by atoms with Crippen LogP contribution in [0.2, 0.25) is 5.02 Å². The summed E-state index contributed by atoms with van der Waals surface area (Å²) in [7, 11) is 0. The molecule has 0 aliphatic carbocycles. The molecule has 0 saturated carbocycles. The van der Waals surface area contributed by atoms with E-state index in [-0.39, 0.29) is 11.6 Å². The zero-order chi connectivity index (χ0) is 21.3. The molecule has 150 valence electrons. The Morgan fingerprint density at radius 1 is 1.20 bits per heavy atom. The molecule has 2 heterocycles. The van der Waals surface area contributed by atoms with E-state index < -0.39 is 4.92 Å². The maximum atomic E-state index is 12.3. The monoisotopic (exact) mass is 439 g/mol. The van der Waals surface area contributed by atoms with Gasteiger partial charge in [-0.15, -0.1) is 0 Å². The maximum Gasteiger partial charge on any atom is 0.280 e. The molecule has 1 N–H and O–H groups in total. The zero-order valence-corrected chi connectivity index (χ0v) is 17.2. The number of thioether (sulfide) groups is 1. The number of hydrogen-bond donors (Lipinski definition) is 1. The predicted molar refractivity (Wildman–Crippen MR) is 118 cm³/mol. The number of halogens is 1. The summed E-state index contributed by atoms with van der Waals surface area (Å²) in [4.78, 5) is 27.8. The first-order chi connectivity index (χ1) is 14.4. The third-order valence-corrected chi connectivity index (χ3v) is 5.62. The molecule has 2 aromatic carbocycles. The highest BCUT2D eigenvalue weighted by Gasteiger charge is 2.25. The maximum absolute atomic E-state index is 12.3. The van der Waals surface area contributed by atoms with Crippen molar-refractivity contribution in [3.05, 3.63) is 86.0 Å². The molecule has 1 fully saturated rings. The van der Waals surface area contributed by atoms with Crippen LogP contribution in [0.15, 0.2) is 68.9 Å². The molecule has 1 saturated heterocycles. The quantitative estimate of drug-likeness (QED) is 0.319. The fourth-order valence-electron chi connectivity index (χ4n) is 2.79. The Kier molecular flexibility index (Phi) is 5.43. The van der Waals surface area contributed by atoms with Gasteiger partial charge in [-0.3, -0.25) is 14.9 Å². The third kappa shape index (κ3) is 4.14. The van der Waals surface area contributed by atoms with E-state index in [9.17, 15) is 14.9 Å². The molecule has 30 heavy (non-hydrogen) atoms. The second-order valence-electron chi connectivity index (χ2n) is 6.39. The van der Waals surface area contributed by atoms with Gasteiger partial charge in [-0.05, 0) is 54.6 Å². The number of nitrogens with zero attached hydrogens (tertiary/aromatic N) is 2. The van der Waals surface area contributed by atoms with E-state index in [1.54, 1.807) is 42.5 Å². The summed E-state index contributed by atoms with van der Waals surface area (Å²) in [5, 5.41) is 14.9. The minimum atomic E-state index is -0.462. The second-order valence-corrected chi connectivity index (χ2v) is 7.83. The van der Waals surface area contributed by atoms with Gasteiger partial charge >= 0.3 is 0 Å². The molecule has 7 nitrogen and oxygen atoms in total. The van der Waals surface area contributed by atoms with Crippen LogP contribution in [0.3, 0.4) is 0 Å². The van der Waals surface area contributed by atoms with Gasteiger partial charge in [-0.25, -0.2) is 4.99 Å². The van der Waals surface area contributed by atoms with Crippen molar-refractivity contribution in [1.29, 1.82) is 0 Å². The first-order valence-electron chi connectivity index (χ1n) is 8.80. The number of carbonyl (C=O) groups excluding carboxylic acids is 1. The van der Waals surface area contributed by atoms with Crippen molar-refractivity contribution in [2.24, 2.45) is 4.99 Å². The number of carbonyl (C=O) groups is 1. The Hall–Kier alpha value is -3.36. The normalized spacial score (nSPS) is 16.3. The molecule has 1 aromatic heterocycles. The van der Waals surface area contributed by atoms with Crippen LogP contribution < -0.4 is 5.32 Å². The Bertz CT molecular complexity index is 1230. The molecule has 0 bridgehead atoms. The molecule has 0 unspecified atom stereocenters. The van der Waals surface area contributed by atoms with E-state index in [0.717, 1.165) is 5.56 Å². The molecule has 0 spiro atoms. The Morgan fingerprint density at radius 2 is 2.00 bits per heavy atom. The van der Waals surface area contributed by atoms with E-state index in [1.807, 2.05) is 19.1 Å². The second kappa shape index (κ2) is 8.17. The lowest BCUT2D eigenvalue weighted by Crippen LogP contribution is -2.19. The van der Waals surface area contributed by atoms with Crippen molar-refractivity contribution in [2.75, 3.05) is 0 Å². The summed E-state index contributed by atoms with van der Waals surface area (Å²) in [6.07, 6.45) is 1.57. The van der Waals surface area contributed by atoms with Gasteiger partial charge in [0.15, 0.2) is 5.17 Å². The predicted octanol–water partition coefficient (Wildman–Crippen LogP) is 5.71. The van der Waals surface area contributed by atoms with Crippen molar-refractivity contribution >= 4 is 51.9 Å². The van der Waals surface area contributed by atoms with Crippen LogP contribution in [0.25, 0.3) is 17.4 Å². The van der Waals surface area contributed by atoms with Gasteiger partial charge in [0.25, 0.3) is 11.6 Å². The Labute approximate surface area is 180 Å². The van der Waals surface area contributed by atoms with E-state index >= 15 is 0 Å². The smallest absolute Gasteiger partial charge is 0.280 e. The molecule has 3 aromatic rings. The summed E-state index contributed by atoms with van der Waals surface area (Å²) in [6, 6.07) is 15.0. The van der Waals surface area contributed by atoms with E-state index in [4.69, 9.17) is 16.0 Å². The number of amides is 1. The number of nitrogens with one attached hydrogen (secondary N) is 1. The first kappa shape index (κ1) is 19.9. The summed E-state index contributed by atoms with van der Waals surface area (Å²) >= 11 is 7.29. The third-order valence-electron chi connectivity index (χ3n) is 4.30. The number of nitro groups is 1. The van der Waals surface area contributed by atoms with Crippen molar-refractivity contribution in [3.63, 3.8) is 0 Å². The fraction of sp³-hybridized carbons (Fsp3) is 0.0476. The van der Waals surface area contributed by atoms with Crippen molar-refractivity contribution < 1.29 is 14.1 Å². The number of aliphatic imine (C=N–C) groups is 1. The number of amidine groups is 1. The average molecular weight is 440 g/mol. The molecule has 0 radical (unpaired) electrons. The first-order valence-corrected chi connectivity index (χ1v) is 9.99. The zero-order valence-electron chi connectivity index (χ0n) is 15.6. The van der Waals surface area contributed by atoms with Crippen molar-refractivity contribution in [3.8, 4) is 11.3 Å². The van der Waals surface area contributed by atoms with Gasteiger partial charge in [-0.2, -0.15) is 0 Å². The molecular weight excluding hydrogens is 426 g/mol. The molecular formula is C21H14ClN3O4S. The fourth-order valence-corrected chi connectivity index (χ4v) is 3.79. The highest BCUT2D eigenvalue weighted by atomic mass is 35.5. The Balaban J connectivity index is 1.58. The summed E-state index contributed by atoms with van der Waals surface area (Å²) < 4.78 is 5.72. The molecule has 1 aliphatic heterocycles. The van der Waals surface area contributed by atoms with Crippen LogP contribution in [-0.2, 0) is 4.79 Å². The molecule has 9 heteroatoms. The number of aryl methyl sites for hydroxylation is 1. The van der Waals surface area contributed by atoms with Gasteiger partial charge in [0.05, 0.1) is 21.1 Å². The topological polar surface area (TPSA) is 97.7 Å². The van der Waals surface area contributed by atoms with Crippen LogP contribution in [0.5, 0.6) is 0 Å². The number of para-hydroxylation sites is 1. The average Bonchev–Trinajstić information content (AvgIpc) is 3.31. The van der Waals surface area contributed by atoms with Crippen LogP contribution in [-0.4, -0.2) is 16.0 Å². The lowest BCUT2D eigenvalue weighted by molar-refractivity contribution is -0.384. The van der Waals surface area contributed by atoms with Gasteiger partial charge in [0.1, 0.15) is 11.5 Å². The van der Waals surface area contributed by atoms with Gasteiger partial charge < -0.3 is 9.73 Å². The number of furan rings is 1. The standard InChI is InChI=1S/C21H14ClN3O4S/c1-12-6-7-13(10-16(12)22)23-21-24-20(26)19(30-21)11-14-8-9-18(29-14)15-4-2-3-5-17(15)25(27)28/h2-11H,1H3,(H,23,24,26).